The summed E-state index contributed by atoms with van der Waals surface area (Å²) in [5.74, 6) is -6.52. The van der Waals surface area contributed by atoms with Gasteiger partial charge in [0.1, 0.15) is 23.9 Å². The fraction of sp³-hybridized carbons (Fsp3) is 0.458. The van der Waals surface area contributed by atoms with Crippen LogP contribution in [0.15, 0.2) is 29.3 Å². The van der Waals surface area contributed by atoms with Crippen molar-refractivity contribution in [1.29, 1.82) is 0 Å². The number of phenols is 1. The summed E-state index contributed by atoms with van der Waals surface area (Å²) in [4.78, 5) is 76.4. The molecule has 1 aromatic rings. The van der Waals surface area contributed by atoms with Gasteiger partial charge in [0.15, 0.2) is 5.96 Å². The highest BCUT2D eigenvalue weighted by Gasteiger charge is 2.31. The Balaban J connectivity index is 3.20. The van der Waals surface area contributed by atoms with Gasteiger partial charge < -0.3 is 54.2 Å². The maximum absolute atomic E-state index is 13.3. The molecule has 4 atom stereocenters. The van der Waals surface area contributed by atoms with Gasteiger partial charge in [0, 0.05) is 19.4 Å². The van der Waals surface area contributed by atoms with E-state index in [2.05, 4.69) is 20.9 Å². The number of primary amides is 1. The molecule has 0 aliphatic rings. The fourth-order valence-corrected chi connectivity index (χ4v) is 3.51. The second kappa shape index (κ2) is 16.9. The first-order valence-corrected chi connectivity index (χ1v) is 12.4. The third-order valence-corrected chi connectivity index (χ3v) is 5.61. The van der Waals surface area contributed by atoms with Crippen molar-refractivity contribution in [2.45, 2.75) is 62.7 Å². The number of rotatable bonds is 18. The number of carbonyl (C=O) groups excluding carboxylic acids is 4. The summed E-state index contributed by atoms with van der Waals surface area (Å²) < 4.78 is 0. The molecule has 0 saturated carbocycles. The number of amides is 4. The van der Waals surface area contributed by atoms with Crippen LogP contribution in [-0.4, -0.2) is 87.6 Å². The Bertz CT molecular complexity index is 1120. The first-order chi connectivity index (χ1) is 19.2. The summed E-state index contributed by atoms with van der Waals surface area (Å²) in [6.45, 7) is 0.0685. The number of carbonyl (C=O) groups is 6. The number of hydrogen-bond donors (Lipinski definition) is 10. The molecule has 0 aliphatic heterocycles. The Hall–Kier alpha value is -4.93. The van der Waals surface area contributed by atoms with E-state index < -0.39 is 79.0 Å². The Kier molecular flexibility index (Phi) is 14.1. The van der Waals surface area contributed by atoms with Gasteiger partial charge in [0.25, 0.3) is 0 Å². The summed E-state index contributed by atoms with van der Waals surface area (Å²) in [6, 6.07) is 0.0849. The van der Waals surface area contributed by atoms with Crippen LogP contribution in [-0.2, 0) is 35.2 Å². The third-order valence-electron chi connectivity index (χ3n) is 5.61. The molecule has 226 valence electrons. The van der Waals surface area contributed by atoms with Gasteiger partial charge in [-0.3, -0.25) is 29.0 Å². The lowest BCUT2D eigenvalue weighted by atomic mass is 10.0. The molecule has 4 amide bonds. The number of hydrogen-bond acceptors (Lipinski definition) is 9. The number of aliphatic imine (C=N–C) groups is 1. The maximum atomic E-state index is 13.3. The van der Waals surface area contributed by atoms with Crippen molar-refractivity contribution in [1.82, 2.24) is 16.0 Å². The highest BCUT2D eigenvalue weighted by atomic mass is 16.4. The molecule has 17 heteroatoms. The number of phenolic OH excluding ortho intramolecular Hbond substituents is 1. The van der Waals surface area contributed by atoms with Crippen LogP contribution in [0.5, 0.6) is 5.75 Å². The minimum atomic E-state index is -1.56. The fourth-order valence-electron chi connectivity index (χ4n) is 3.51. The lowest BCUT2D eigenvalue weighted by Gasteiger charge is -2.25. The molecule has 0 bridgehead atoms. The molecule has 14 N–H and O–H groups in total. The highest BCUT2D eigenvalue weighted by Crippen LogP contribution is 2.12. The zero-order valence-corrected chi connectivity index (χ0v) is 22.1. The monoisotopic (exact) mass is 580 g/mol. The van der Waals surface area contributed by atoms with Crippen molar-refractivity contribution in [3.63, 3.8) is 0 Å². The minimum absolute atomic E-state index is 0.0457. The number of nitrogens with zero attached hydrogens (tertiary/aromatic N) is 1. The number of carboxylic acid groups (broad SMARTS) is 2. The molecule has 41 heavy (non-hydrogen) atoms. The molecule has 0 aliphatic carbocycles. The first-order valence-electron chi connectivity index (χ1n) is 12.4. The number of aliphatic carboxylic acids is 2. The third kappa shape index (κ3) is 13.6. The van der Waals surface area contributed by atoms with Crippen LogP contribution in [0.2, 0.25) is 0 Å². The van der Waals surface area contributed by atoms with E-state index in [0.717, 1.165) is 0 Å². The van der Waals surface area contributed by atoms with E-state index in [4.69, 9.17) is 28.0 Å². The summed E-state index contributed by atoms with van der Waals surface area (Å²) in [6.07, 6.45) is -1.47. The molecule has 0 aromatic heterocycles. The van der Waals surface area contributed by atoms with Crippen LogP contribution in [0.1, 0.15) is 37.7 Å². The van der Waals surface area contributed by atoms with Crippen LogP contribution in [0.25, 0.3) is 0 Å². The predicted molar refractivity (Wildman–Crippen MR) is 144 cm³/mol. The minimum Gasteiger partial charge on any atom is -0.508 e. The van der Waals surface area contributed by atoms with E-state index in [1.165, 1.54) is 24.3 Å². The highest BCUT2D eigenvalue weighted by molar-refractivity contribution is 5.95. The molecule has 0 heterocycles. The summed E-state index contributed by atoms with van der Waals surface area (Å²) in [5, 5.41) is 34.9. The van der Waals surface area contributed by atoms with Gasteiger partial charge in [-0.25, -0.2) is 4.79 Å². The number of nitrogens with one attached hydrogen (secondary N) is 3. The second-order valence-electron chi connectivity index (χ2n) is 9.05. The van der Waals surface area contributed by atoms with E-state index in [9.17, 15) is 39.0 Å². The molecular formula is C24H36N8O9. The Labute approximate surface area is 234 Å². The molecule has 1 rings (SSSR count). The van der Waals surface area contributed by atoms with E-state index in [1.54, 1.807) is 0 Å². The first kappa shape index (κ1) is 34.1. The van der Waals surface area contributed by atoms with Crippen LogP contribution < -0.4 is 38.9 Å². The van der Waals surface area contributed by atoms with Crippen LogP contribution in [0, 0.1) is 0 Å². The van der Waals surface area contributed by atoms with Crippen LogP contribution >= 0.6 is 0 Å². The zero-order chi connectivity index (χ0) is 31.1. The Morgan fingerprint density at radius 1 is 0.805 bits per heavy atom. The van der Waals surface area contributed by atoms with Crippen molar-refractivity contribution < 1.29 is 44.1 Å². The predicted octanol–water partition coefficient (Wildman–Crippen LogP) is -3.41. The van der Waals surface area contributed by atoms with Gasteiger partial charge in [-0.1, -0.05) is 12.1 Å². The lowest BCUT2D eigenvalue weighted by Crippen LogP contribution is -2.57. The second-order valence-corrected chi connectivity index (χ2v) is 9.05. The van der Waals surface area contributed by atoms with Gasteiger partial charge in [-0.15, -0.1) is 0 Å². The zero-order valence-electron chi connectivity index (χ0n) is 22.1. The van der Waals surface area contributed by atoms with Gasteiger partial charge >= 0.3 is 11.9 Å². The van der Waals surface area contributed by atoms with Gasteiger partial charge in [-0.05, 0) is 37.0 Å². The van der Waals surface area contributed by atoms with Crippen LogP contribution in [0.3, 0.4) is 0 Å². The van der Waals surface area contributed by atoms with Gasteiger partial charge in [0.05, 0.1) is 12.5 Å². The molecule has 0 fully saturated rings. The smallest absolute Gasteiger partial charge is 0.326 e. The topological polar surface area (TPSA) is 316 Å². The molecule has 0 radical (unpaired) electrons. The molecular weight excluding hydrogens is 544 g/mol. The average molecular weight is 581 g/mol. The number of benzene rings is 1. The van der Waals surface area contributed by atoms with Gasteiger partial charge in [-0.2, -0.15) is 0 Å². The summed E-state index contributed by atoms with van der Waals surface area (Å²) >= 11 is 0. The van der Waals surface area contributed by atoms with Gasteiger partial charge in [0.2, 0.25) is 23.6 Å². The van der Waals surface area contributed by atoms with Crippen molar-refractivity contribution >= 4 is 41.5 Å². The van der Waals surface area contributed by atoms with E-state index in [0.29, 0.717) is 5.56 Å². The van der Waals surface area contributed by atoms with Crippen molar-refractivity contribution in [2.75, 3.05) is 6.54 Å². The van der Waals surface area contributed by atoms with Crippen molar-refractivity contribution in [3.8, 4) is 5.75 Å². The summed E-state index contributed by atoms with van der Waals surface area (Å²) in [7, 11) is 0. The normalized spacial score (nSPS) is 13.5. The standard InChI is InChI=1S/C24H36N8O9/c25-14(11-18(26)34)20(37)32-17(10-12-3-5-13(33)6-4-12)22(39)30-15(2-1-9-29-24(27)28)21(38)31-16(23(40)41)7-8-19(35)36/h3-6,14-17,33H,1-2,7-11,25H2,(H2,26,34)(H,30,39)(H,31,38)(H,32,37)(H,35,36)(H,40,41)(H4,27,28,29). The summed E-state index contributed by atoms with van der Waals surface area (Å²) in [5.41, 5.74) is 21.9. The Morgan fingerprint density at radius 2 is 1.37 bits per heavy atom. The number of carboxylic acids is 2. The quantitative estimate of drug-likeness (QED) is 0.0461. The maximum Gasteiger partial charge on any atom is 0.326 e. The molecule has 17 nitrogen and oxygen atoms in total. The van der Waals surface area contributed by atoms with Crippen LogP contribution in [0.4, 0.5) is 0 Å². The van der Waals surface area contributed by atoms with E-state index in [-0.39, 0.29) is 37.5 Å². The average Bonchev–Trinajstić information content (AvgIpc) is 2.87. The van der Waals surface area contributed by atoms with E-state index in [1.807, 2.05) is 0 Å². The molecule has 0 saturated heterocycles. The molecule has 0 spiro atoms. The number of guanidine groups is 1. The molecule has 4 unspecified atom stereocenters. The number of nitrogens with two attached hydrogens (primary N) is 4. The van der Waals surface area contributed by atoms with Crippen molar-refractivity contribution in [2.24, 2.45) is 27.9 Å². The van der Waals surface area contributed by atoms with E-state index >= 15 is 0 Å². The lowest BCUT2D eigenvalue weighted by molar-refractivity contribution is -0.143. The van der Waals surface area contributed by atoms with Crippen molar-refractivity contribution in [3.05, 3.63) is 29.8 Å². The largest absolute Gasteiger partial charge is 0.508 e. The SMILES string of the molecule is NC(=O)CC(N)C(=O)NC(Cc1ccc(O)cc1)C(=O)NC(CCCN=C(N)N)C(=O)NC(CCC(=O)O)C(=O)O. The molecule has 1 aromatic carbocycles. The number of aromatic hydroxyl groups is 1. The Morgan fingerprint density at radius 3 is 1.90 bits per heavy atom.